The molecule has 3 fully saturated rings. The molecule has 3 saturated heterocycles. The summed E-state index contributed by atoms with van der Waals surface area (Å²) in [7, 11) is 0. The standard InChI is InChI=1S/C23H32N6O/c1-18-15-28(22-5-4-20(14-24)29-23(22)6-9-25-29)17-21(30-18)16-26-12-7-19(8-13-26)27-10-2-3-11-27/h4-6,9,18-19,21H,2-3,7-8,10-13,15-17H2,1H3/t18-,21+/m1/s1. The van der Waals surface area contributed by atoms with E-state index in [1.165, 1.54) is 51.9 Å². The number of hydrogen-bond donors (Lipinski definition) is 0. The molecule has 0 amide bonds. The molecule has 0 radical (unpaired) electrons. The summed E-state index contributed by atoms with van der Waals surface area (Å²) in [6.07, 6.45) is 7.50. The fourth-order valence-corrected chi connectivity index (χ4v) is 5.56. The molecule has 0 aliphatic carbocycles. The van der Waals surface area contributed by atoms with Crippen molar-refractivity contribution in [1.82, 2.24) is 19.4 Å². The van der Waals surface area contributed by atoms with Gasteiger partial charge in [-0.1, -0.05) is 0 Å². The van der Waals surface area contributed by atoms with Gasteiger partial charge in [0.15, 0.2) is 0 Å². The van der Waals surface area contributed by atoms with Gasteiger partial charge in [-0.05, 0) is 77.0 Å². The van der Waals surface area contributed by atoms with Crippen molar-refractivity contribution in [3.05, 3.63) is 30.1 Å². The third kappa shape index (κ3) is 3.92. The van der Waals surface area contributed by atoms with Gasteiger partial charge < -0.3 is 19.4 Å². The van der Waals surface area contributed by atoms with Crippen LogP contribution in [-0.2, 0) is 4.74 Å². The number of rotatable bonds is 4. The van der Waals surface area contributed by atoms with E-state index in [0.717, 1.165) is 36.9 Å². The molecule has 2 atom stereocenters. The summed E-state index contributed by atoms with van der Waals surface area (Å²) in [5.41, 5.74) is 2.70. The average molecular weight is 409 g/mol. The van der Waals surface area contributed by atoms with Crippen LogP contribution in [0.2, 0.25) is 0 Å². The van der Waals surface area contributed by atoms with Crippen molar-refractivity contribution in [3.63, 3.8) is 0 Å². The maximum atomic E-state index is 9.36. The van der Waals surface area contributed by atoms with Crippen LogP contribution in [0.25, 0.3) is 5.52 Å². The number of anilines is 1. The predicted octanol–water partition coefficient (Wildman–Crippen LogP) is 2.36. The lowest BCUT2D eigenvalue weighted by Crippen LogP contribution is -2.53. The number of piperidine rings is 1. The molecule has 0 aromatic carbocycles. The highest BCUT2D eigenvalue weighted by Gasteiger charge is 2.31. The number of hydrogen-bond acceptors (Lipinski definition) is 6. The third-order valence-corrected chi connectivity index (χ3v) is 6.99. The lowest BCUT2D eigenvalue weighted by Gasteiger charge is -2.42. The minimum absolute atomic E-state index is 0.185. The Morgan fingerprint density at radius 3 is 2.67 bits per heavy atom. The van der Waals surface area contributed by atoms with Gasteiger partial charge in [0.25, 0.3) is 0 Å². The molecule has 0 spiro atoms. The van der Waals surface area contributed by atoms with E-state index >= 15 is 0 Å². The van der Waals surface area contributed by atoms with Gasteiger partial charge in [-0.15, -0.1) is 0 Å². The van der Waals surface area contributed by atoms with Crippen LogP contribution in [0.4, 0.5) is 5.69 Å². The first-order chi connectivity index (χ1) is 14.7. The van der Waals surface area contributed by atoms with Gasteiger partial charge in [-0.3, -0.25) is 0 Å². The third-order valence-electron chi connectivity index (χ3n) is 6.99. The molecule has 7 heteroatoms. The molecule has 160 valence electrons. The first-order valence-electron chi connectivity index (χ1n) is 11.4. The summed E-state index contributed by atoms with van der Waals surface area (Å²) >= 11 is 0. The van der Waals surface area contributed by atoms with Crippen molar-refractivity contribution in [2.24, 2.45) is 0 Å². The number of nitrogens with zero attached hydrogens (tertiary/aromatic N) is 6. The quantitative estimate of drug-likeness (QED) is 0.774. The van der Waals surface area contributed by atoms with E-state index in [-0.39, 0.29) is 12.2 Å². The van der Waals surface area contributed by atoms with Crippen LogP contribution in [0.15, 0.2) is 24.4 Å². The van der Waals surface area contributed by atoms with Crippen molar-refractivity contribution in [3.8, 4) is 6.07 Å². The second-order valence-electron chi connectivity index (χ2n) is 9.09. The summed E-state index contributed by atoms with van der Waals surface area (Å²) in [4.78, 5) is 7.72. The summed E-state index contributed by atoms with van der Waals surface area (Å²) in [6, 6.07) is 8.95. The van der Waals surface area contributed by atoms with Gasteiger partial charge in [-0.2, -0.15) is 10.4 Å². The van der Waals surface area contributed by atoms with Crippen LogP contribution in [0.1, 0.15) is 38.3 Å². The van der Waals surface area contributed by atoms with Crippen LogP contribution < -0.4 is 4.90 Å². The van der Waals surface area contributed by atoms with Crippen molar-refractivity contribution in [1.29, 1.82) is 5.26 Å². The number of nitriles is 1. The van der Waals surface area contributed by atoms with Crippen LogP contribution >= 0.6 is 0 Å². The van der Waals surface area contributed by atoms with Gasteiger partial charge in [0, 0.05) is 25.7 Å². The summed E-state index contributed by atoms with van der Waals surface area (Å²) in [6.45, 7) is 9.87. The summed E-state index contributed by atoms with van der Waals surface area (Å²) < 4.78 is 8.08. The Kier molecular flexibility index (Phi) is 5.64. The molecule has 0 N–H and O–H groups in total. The molecule has 0 saturated carbocycles. The molecule has 2 aromatic heterocycles. The zero-order chi connectivity index (χ0) is 20.5. The number of likely N-dealkylation sites (tertiary alicyclic amines) is 2. The molecule has 5 rings (SSSR count). The van der Waals surface area contributed by atoms with Gasteiger partial charge >= 0.3 is 0 Å². The van der Waals surface area contributed by atoms with E-state index in [4.69, 9.17) is 4.74 Å². The number of aromatic nitrogens is 2. The zero-order valence-corrected chi connectivity index (χ0v) is 17.9. The van der Waals surface area contributed by atoms with E-state index < -0.39 is 0 Å². The molecule has 0 bridgehead atoms. The first kappa shape index (κ1) is 19.8. The molecular formula is C23H32N6O. The fourth-order valence-electron chi connectivity index (χ4n) is 5.56. The Balaban J connectivity index is 1.24. The minimum Gasteiger partial charge on any atom is -0.370 e. The van der Waals surface area contributed by atoms with Crippen LogP contribution in [0.3, 0.4) is 0 Å². The predicted molar refractivity (Wildman–Crippen MR) is 117 cm³/mol. The molecule has 7 nitrogen and oxygen atoms in total. The van der Waals surface area contributed by atoms with Crippen molar-refractivity contribution in [2.75, 3.05) is 50.7 Å². The Hall–Kier alpha value is -2.14. The lowest BCUT2D eigenvalue weighted by molar-refractivity contribution is -0.0371. The van der Waals surface area contributed by atoms with Gasteiger partial charge in [0.05, 0.1) is 29.6 Å². The minimum atomic E-state index is 0.185. The van der Waals surface area contributed by atoms with Crippen molar-refractivity contribution in [2.45, 2.75) is 50.9 Å². The number of fused-ring (bicyclic) bond motifs is 1. The Bertz CT molecular complexity index is 906. The van der Waals surface area contributed by atoms with E-state index in [1.54, 1.807) is 10.7 Å². The molecule has 3 aliphatic rings. The highest BCUT2D eigenvalue weighted by Crippen LogP contribution is 2.27. The number of pyridine rings is 1. The molecular weight excluding hydrogens is 376 g/mol. The summed E-state index contributed by atoms with van der Waals surface area (Å²) in [5.74, 6) is 0. The molecule has 3 aliphatic heterocycles. The van der Waals surface area contributed by atoms with Crippen molar-refractivity contribution < 1.29 is 4.74 Å². The van der Waals surface area contributed by atoms with Crippen molar-refractivity contribution >= 4 is 11.2 Å². The second kappa shape index (κ2) is 8.54. The van der Waals surface area contributed by atoms with Gasteiger partial charge in [-0.25, -0.2) is 4.52 Å². The maximum absolute atomic E-state index is 9.36. The highest BCUT2D eigenvalue weighted by atomic mass is 16.5. The van der Waals surface area contributed by atoms with Crippen LogP contribution in [0, 0.1) is 11.3 Å². The van der Waals surface area contributed by atoms with E-state index in [0.29, 0.717) is 5.69 Å². The first-order valence-corrected chi connectivity index (χ1v) is 11.4. The lowest BCUT2D eigenvalue weighted by atomic mass is 10.0. The van der Waals surface area contributed by atoms with Gasteiger partial charge in [0.2, 0.25) is 0 Å². The second-order valence-corrected chi connectivity index (χ2v) is 9.09. The fraction of sp³-hybridized carbons (Fsp3) is 0.652. The Labute approximate surface area is 178 Å². The van der Waals surface area contributed by atoms with Crippen LogP contribution in [0.5, 0.6) is 0 Å². The number of ether oxygens (including phenoxy) is 1. The van der Waals surface area contributed by atoms with Gasteiger partial charge in [0.1, 0.15) is 11.8 Å². The molecule has 5 heterocycles. The topological polar surface area (TPSA) is 60.0 Å². The SMILES string of the molecule is C[C@@H]1CN(c2ccc(C#N)n3nccc23)C[C@H](CN2CCC(N3CCCC3)CC2)O1. The van der Waals surface area contributed by atoms with E-state index in [1.807, 2.05) is 12.1 Å². The highest BCUT2D eigenvalue weighted by molar-refractivity contribution is 5.74. The Morgan fingerprint density at radius 1 is 1.10 bits per heavy atom. The molecule has 2 aromatic rings. The summed E-state index contributed by atoms with van der Waals surface area (Å²) in [5, 5.41) is 13.7. The Morgan fingerprint density at radius 2 is 1.90 bits per heavy atom. The molecule has 0 unspecified atom stereocenters. The maximum Gasteiger partial charge on any atom is 0.142 e. The number of morpholine rings is 1. The normalized spacial score (nSPS) is 27.0. The molecule has 30 heavy (non-hydrogen) atoms. The van der Waals surface area contributed by atoms with Crippen LogP contribution in [-0.4, -0.2) is 83.5 Å². The van der Waals surface area contributed by atoms with E-state index in [9.17, 15) is 5.26 Å². The zero-order valence-electron chi connectivity index (χ0n) is 17.9. The average Bonchev–Trinajstić information content (AvgIpc) is 3.45. The monoisotopic (exact) mass is 408 g/mol. The van der Waals surface area contributed by atoms with E-state index in [2.05, 4.69) is 38.9 Å². The smallest absolute Gasteiger partial charge is 0.142 e. The largest absolute Gasteiger partial charge is 0.370 e.